The standard InChI is InChI=1S/C15H19ClN4O3/c16-12-6-17-20(8-12)7-11-3-13(14(21)4-11)19-15(22)2-1-10-5-18-23-9-10/h5-6,8-9,11,13-14,21H,1-4,7H2,(H,19,22)/t11?,13-,14-/m1/s1. The fourth-order valence-electron chi connectivity index (χ4n) is 3.01. The highest BCUT2D eigenvalue weighted by molar-refractivity contribution is 6.30. The molecule has 3 rings (SSSR count). The number of carbonyl (C=O) groups is 1. The lowest BCUT2D eigenvalue weighted by Gasteiger charge is -2.16. The van der Waals surface area contributed by atoms with Crippen LogP contribution in [0.2, 0.25) is 5.02 Å². The van der Waals surface area contributed by atoms with Crippen LogP contribution >= 0.6 is 11.6 Å². The van der Waals surface area contributed by atoms with E-state index in [0.717, 1.165) is 12.0 Å². The summed E-state index contributed by atoms with van der Waals surface area (Å²) in [5.74, 6) is 0.197. The van der Waals surface area contributed by atoms with Crippen LogP contribution in [0.15, 0.2) is 29.4 Å². The highest BCUT2D eigenvalue weighted by Gasteiger charge is 2.34. The zero-order chi connectivity index (χ0) is 16.2. The van der Waals surface area contributed by atoms with Crippen molar-refractivity contribution < 1.29 is 14.4 Å². The van der Waals surface area contributed by atoms with Crippen LogP contribution in [0.25, 0.3) is 0 Å². The van der Waals surface area contributed by atoms with Crippen molar-refractivity contribution in [1.29, 1.82) is 0 Å². The summed E-state index contributed by atoms with van der Waals surface area (Å²) < 4.78 is 6.50. The van der Waals surface area contributed by atoms with Gasteiger partial charge in [-0.1, -0.05) is 16.8 Å². The number of amides is 1. The van der Waals surface area contributed by atoms with E-state index in [2.05, 4.69) is 15.6 Å². The molecule has 0 radical (unpaired) electrons. The van der Waals surface area contributed by atoms with Crippen LogP contribution < -0.4 is 5.32 Å². The Morgan fingerprint density at radius 1 is 1.48 bits per heavy atom. The van der Waals surface area contributed by atoms with E-state index in [4.69, 9.17) is 16.1 Å². The maximum atomic E-state index is 12.0. The van der Waals surface area contributed by atoms with Crippen LogP contribution in [-0.4, -0.2) is 38.1 Å². The number of rotatable bonds is 6. The number of hydrogen-bond acceptors (Lipinski definition) is 5. The highest BCUT2D eigenvalue weighted by atomic mass is 35.5. The average Bonchev–Trinajstić information content (AvgIpc) is 3.21. The second-order valence-corrected chi connectivity index (χ2v) is 6.43. The van der Waals surface area contributed by atoms with Gasteiger partial charge in [-0.25, -0.2) is 0 Å². The Labute approximate surface area is 138 Å². The molecular weight excluding hydrogens is 320 g/mol. The van der Waals surface area contributed by atoms with Crippen molar-refractivity contribution >= 4 is 17.5 Å². The molecule has 1 aliphatic carbocycles. The number of aromatic nitrogens is 3. The number of aryl methyl sites for hydroxylation is 1. The van der Waals surface area contributed by atoms with Crippen molar-refractivity contribution in [1.82, 2.24) is 20.3 Å². The van der Waals surface area contributed by atoms with E-state index in [9.17, 15) is 9.90 Å². The van der Waals surface area contributed by atoms with Crippen LogP contribution in [0.4, 0.5) is 0 Å². The minimum Gasteiger partial charge on any atom is -0.391 e. The second-order valence-electron chi connectivity index (χ2n) is 5.99. The van der Waals surface area contributed by atoms with Crippen molar-refractivity contribution in [2.45, 2.75) is 44.4 Å². The number of carbonyl (C=O) groups excluding carboxylic acids is 1. The summed E-state index contributed by atoms with van der Waals surface area (Å²) in [6.07, 6.45) is 8.27. The summed E-state index contributed by atoms with van der Waals surface area (Å²) in [7, 11) is 0. The summed E-state index contributed by atoms with van der Waals surface area (Å²) in [6, 6.07) is -0.207. The van der Waals surface area contributed by atoms with Gasteiger partial charge in [0.1, 0.15) is 6.26 Å². The number of nitrogens with zero attached hydrogens (tertiary/aromatic N) is 3. The van der Waals surface area contributed by atoms with E-state index in [0.29, 0.717) is 30.8 Å². The van der Waals surface area contributed by atoms with Gasteiger partial charge in [0, 0.05) is 24.7 Å². The van der Waals surface area contributed by atoms with Gasteiger partial charge in [0.05, 0.1) is 29.6 Å². The van der Waals surface area contributed by atoms with Gasteiger partial charge >= 0.3 is 0 Å². The third-order valence-electron chi connectivity index (χ3n) is 4.14. The highest BCUT2D eigenvalue weighted by Crippen LogP contribution is 2.27. The first kappa shape index (κ1) is 16.0. The van der Waals surface area contributed by atoms with E-state index in [1.54, 1.807) is 23.3 Å². The second kappa shape index (κ2) is 7.14. The fraction of sp³-hybridized carbons (Fsp3) is 0.533. The quantitative estimate of drug-likeness (QED) is 0.830. The number of aliphatic hydroxyl groups is 1. The Kier molecular flexibility index (Phi) is 4.97. The lowest BCUT2D eigenvalue weighted by molar-refractivity contribution is -0.122. The number of hydrogen-bond donors (Lipinski definition) is 2. The molecule has 2 N–H and O–H groups in total. The molecule has 1 fully saturated rings. The topological polar surface area (TPSA) is 93.2 Å². The van der Waals surface area contributed by atoms with Gasteiger partial charge in [-0.05, 0) is 25.2 Å². The molecule has 1 aliphatic rings. The van der Waals surface area contributed by atoms with Gasteiger partial charge in [0.25, 0.3) is 0 Å². The number of nitrogens with one attached hydrogen (secondary N) is 1. The molecule has 0 bridgehead atoms. The van der Waals surface area contributed by atoms with Gasteiger partial charge < -0.3 is 14.9 Å². The lowest BCUT2D eigenvalue weighted by Crippen LogP contribution is -2.40. The van der Waals surface area contributed by atoms with E-state index in [1.807, 2.05) is 0 Å². The van der Waals surface area contributed by atoms with Crippen molar-refractivity contribution in [3.63, 3.8) is 0 Å². The Balaban J connectivity index is 1.45. The Hall–Kier alpha value is -1.86. The SMILES string of the molecule is O=C(CCc1cnoc1)N[C@@H]1CC(Cn2cc(Cl)cn2)C[C@H]1O. The number of halogens is 1. The molecule has 0 spiro atoms. The fourth-order valence-corrected chi connectivity index (χ4v) is 3.17. The molecule has 3 atom stereocenters. The molecule has 2 aromatic rings. The third-order valence-corrected chi connectivity index (χ3v) is 4.34. The van der Waals surface area contributed by atoms with E-state index < -0.39 is 6.10 Å². The summed E-state index contributed by atoms with van der Waals surface area (Å²) in [5.41, 5.74) is 0.889. The molecule has 1 unspecified atom stereocenters. The van der Waals surface area contributed by atoms with Crippen LogP contribution in [0, 0.1) is 5.92 Å². The monoisotopic (exact) mass is 338 g/mol. The Morgan fingerprint density at radius 2 is 2.35 bits per heavy atom. The molecular formula is C15H19ClN4O3. The molecule has 7 nitrogen and oxygen atoms in total. The summed E-state index contributed by atoms with van der Waals surface area (Å²) in [5, 5.41) is 21.4. The van der Waals surface area contributed by atoms with Crippen molar-refractivity contribution in [2.24, 2.45) is 5.92 Å². The van der Waals surface area contributed by atoms with Crippen molar-refractivity contribution in [3.8, 4) is 0 Å². The van der Waals surface area contributed by atoms with E-state index in [1.165, 1.54) is 6.26 Å². The van der Waals surface area contributed by atoms with Crippen molar-refractivity contribution in [3.05, 3.63) is 35.4 Å². The van der Waals surface area contributed by atoms with E-state index >= 15 is 0 Å². The minimum atomic E-state index is -0.523. The molecule has 8 heteroatoms. The predicted molar refractivity (Wildman–Crippen MR) is 82.7 cm³/mol. The first-order valence-corrected chi connectivity index (χ1v) is 8.01. The largest absolute Gasteiger partial charge is 0.391 e. The van der Waals surface area contributed by atoms with Gasteiger partial charge in [0.15, 0.2) is 0 Å². The Morgan fingerprint density at radius 3 is 3.04 bits per heavy atom. The van der Waals surface area contributed by atoms with Crippen molar-refractivity contribution in [2.75, 3.05) is 0 Å². The minimum absolute atomic E-state index is 0.0713. The van der Waals surface area contributed by atoms with E-state index in [-0.39, 0.29) is 17.9 Å². The van der Waals surface area contributed by atoms with Gasteiger partial charge in [-0.2, -0.15) is 5.10 Å². The summed E-state index contributed by atoms with van der Waals surface area (Å²) >= 11 is 5.85. The molecule has 2 aromatic heterocycles. The summed E-state index contributed by atoms with van der Waals surface area (Å²) in [4.78, 5) is 12.0. The maximum absolute atomic E-state index is 12.0. The zero-order valence-corrected chi connectivity index (χ0v) is 13.3. The molecule has 0 saturated heterocycles. The predicted octanol–water partition coefficient (Wildman–Crippen LogP) is 1.41. The van der Waals surface area contributed by atoms with Crippen LogP contribution in [-0.2, 0) is 17.8 Å². The smallest absolute Gasteiger partial charge is 0.220 e. The number of aliphatic hydroxyl groups excluding tert-OH is 1. The lowest BCUT2D eigenvalue weighted by atomic mass is 10.1. The zero-order valence-electron chi connectivity index (χ0n) is 12.6. The first-order valence-electron chi connectivity index (χ1n) is 7.64. The Bertz CT molecular complexity index is 643. The van der Waals surface area contributed by atoms with Gasteiger partial charge in [0.2, 0.25) is 5.91 Å². The van der Waals surface area contributed by atoms with Gasteiger partial charge in [-0.3, -0.25) is 9.48 Å². The van der Waals surface area contributed by atoms with Crippen LogP contribution in [0.1, 0.15) is 24.8 Å². The third kappa shape index (κ3) is 4.33. The molecule has 124 valence electrons. The molecule has 0 aromatic carbocycles. The first-order chi connectivity index (χ1) is 11.1. The molecule has 1 amide bonds. The van der Waals surface area contributed by atoms with Crippen LogP contribution in [0.3, 0.4) is 0 Å². The molecule has 1 saturated carbocycles. The molecule has 23 heavy (non-hydrogen) atoms. The average molecular weight is 339 g/mol. The molecule has 2 heterocycles. The van der Waals surface area contributed by atoms with Crippen LogP contribution in [0.5, 0.6) is 0 Å². The summed E-state index contributed by atoms with van der Waals surface area (Å²) in [6.45, 7) is 0.691. The maximum Gasteiger partial charge on any atom is 0.220 e. The normalized spacial score (nSPS) is 24.0. The van der Waals surface area contributed by atoms with Gasteiger partial charge in [-0.15, -0.1) is 0 Å². The molecule has 0 aliphatic heterocycles.